The number of carbonyl (C=O) groups is 1. The molecule has 0 spiro atoms. The van der Waals surface area contributed by atoms with Gasteiger partial charge in [0.05, 0.1) is 6.04 Å². The molecule has 2 aromatic carbocycles. The van der Waals surface area contributed by atoms with Crippen LogP contribution in [0.5, 0.6) is 0 Å². The van der Waals surface area contributed by atoms with Crippen LogP contribution in [-0.2, 0) is 4.79 Å². The molecule has 3 N–H and O–H groups in total. The molecular formula is C19H24N2O. The van der Waals surface area contributed by atoms with Gasteiger partial charge in [0.1, 0.15) is 0 Å². The Morgan fingerprint density at radius 1 is 1.23 bits per heavy atom. The number of carbonyl (C=O) groups excluding carboxylic acids is 1. The van der Waals surface area contributed by atoms with Crippen LogP contribution in [0.3, 0.4) is 0 Å². The molecule has 0 aromatic heterocycles. The molecule has 3 heteroatoms. The molecule has 116 valence electrons. The minimum absolute atomic E-state index is 0.110. The molecule has 0 saturated heterocycles. The highest BCUT2D eigenvalue weighted by Crippen LogP contribution is 2.44. The Hall–Kier alpha value is -1.87. The van der Waals surface area contributed by atoms with Crippen molar-refractivity contribution in [1.82, 2.24) is 5.32 Å². The van der Waals surface area contributed by atoms with Crippen molar-refractivity contribution in [3.63, 3.8) is 0 Å². The van der Waals surface area contributed by atoms with Crippen LogP contribution in [0.25, 0.3) is 10.8 Å². The van der Waals surface area contributed by atoms with Crippen LogP contribution in [0, 0.1) is 5.41 Å². The van der Waals surface area contributed by atoms with E-state index in [1.165, 1.54) is 10.8 Å². The van der Waals surface area contributed by atoms with Crippen molar-refractivity contribution in [2.24, 2.45) is 11.1 Å². The standard InChI is InChI=1S/C19H24N2O/c1-2-19(10-5-11-19)18(22)21-17(13-20)16-9-8-14-6-3-4-7-15(14)12-16/h3-4,6-9,12,17H,2,5,10-11,13,20H2,1H3,(H,21,22). The highest BCUT2D eigenvalue weighted by molar-refractivity contribution is 5.85. The summed E-state index contributed by atoms with van der Waals surface area (Å²) in [6.45, 7) is 2.52. The molecule has 0 heterocycles. The average molecular weight is 296 g/mol. The van der Waals surface area contributed by atoms with E-state index in [2.05, 4.69) is 42.6 Å². The van der Waals surface area contributed by atoms with Crippen molar-refractivity contribution in [2.75, 3.05) is 6.54 Å². The maximum absolute atomic E-state index is 12.6. The van der Waals surface area contributed by atoms with Gasteiger partial charge in [-0.3, -0.25) is 4.79 Å². The Kier molecular flexibility index (Phi) is 4.16. The first-order chi connectivity index (χ1) is 10.7. The minimum atomic E-state index is -0.149. The van der Waals surface area contributed by atoms with E-state index in [1.54, 1.807) is 0 Å². The van der Waals surface area contributed by atoms with Crippen LogP contribution < -0.4 is 11.1 Å². The summed E-state index contributed by atoms with van der Waals surface area (Å²) in [6.07, 6.45) is 4.08. The van der Waals surface area contributed by atoms with Crippen LogP contribution in [0.1, 0.15) is 44.2 Å². The van der Waals surface area contributed by atoms with Gasteiger partial charge in [-0.2, -0.15) is 0 Å². The smallest absolute Gasteiger partial charge is 0.226 e. The average Bonchev–Trinajstić information content (AvgIpc) is 2.51. The van der Waals surface area contributed by atoms with Gasteiger partial charge in [0.15, 0.2) is 0 Å². The largest absolute Gasteiger partial charge is 0.348 e. The zero-order valence-electron chi connectivity index (χ0n) is 13.1. The van der Waals surface area contributed by atoms with E-state index < -0.39 is 0 Å². The van der Waals surface area contributed by atoms with Crippen LogP contribution in [0.4, 0.5) is 0 Å². The SMILES string of the molecule is CCC1(C(=O)NC(CN)c2ccc3ccccc3c2)CCC1. The van der Waals surface area contributed by atoms with E-state index in [9.17, 15) is 4.79 Å². The molecule has 1 aliphatic rings. The fourth-order valence-electron chi connectivity index (χ4n) is 3.36. The van der Waals surface area contributed by atoms with Crippen molar-refractivity contribution < 1.29 is 4.79 Å². The molecule has 1 aliphatic carbocycles. The van der Waals surface area contributed by atoms with Gasteiger partial charge in [-0.25, -0.2) is 0 Å². The number of fused-ring (bicyclic) bond motifs is 1. The summed E-state index contributed by atoms with van der Waals surface area (Å²) in [7, 11) is 0. The number of hydrogen-bond acceptors (Lipinski definition) is 2. The molecule has 1 atom stereocenters. The quantitative estimate of drug-likeness (QED) is 0.886. The van der Waals surface area contributed by atoms with Crippen LogP contribution in [-0.4, -0.2) is 12.5 Å². The summed E-state index contributed by atoms with van der Waals surface area (Å²) >= 11 is 0. The van der Waals surface area contributed by atoms with Gasteiger partial charge in [-0.1, -0.05) is 49.7 Å². The van der Waals surface area contributed by atoms with Gasteiger partial charge in [0.2, 0.25) is 5.91 Å². The Morgan fingerprint density at radius 2 is 1.95 bits per heavy atom. The van der Waals surface area contributed by atoms with Crippen LogP contribution in [0.2, 0.25) is 0 Å². The predicted molar refractivity (Wildman–Crippen MR) is 90.5 cm³/mol. The van der Waals surface area contributed by atoms with Crippen molar-refractivity contribution in [3.05, 3.63) is 48.0 Å². The normalized spacial score (nSPS) is 17.7. The third kappa shape index (κ3) is 2.61. The molecule has 0 bridgehead atoms. The molecule has 1 unspecified atom stereocenters. The van der Waals surface area contributed by atoms with E-state index in [0.29, 0.717) is 6.54 Å². The number of benzene rings is 2. The molecule has 22 heavy (non-hydrogen) atoms. The Bertz CT molecular complexity index is 670. The lowest BCUT2D eigenvalue weighted by atomic mass is 9.66. The number of nitrogens with two attached hydrogens (primary N) is 1. The topological polar surface area (TPSA) is 55.1 Å². The van der Waals surface area contributed by atoms with E-state index >= 15 is 0 Å². The Labute approximate surface area is 131 Å². The fraction of sp³-hybridized carbons (Fsp3) is 0.421. The Balaban J connectivity index is 1.82. The van der Waals surface area contributed by atoms with E-state index in [-0.39, 0.29) is 17.4 Å². The van der Waals surface area contributed by atoms with E-state index in [4.69, 9.17) is 5.73 Å². The fourth-order valence-corrected chi connectivity index (χ4v) is 3.36. The van der Waals surface area contributed by atoms with E-state index in [0.717, 1.165) is 31.2 Å². The van der Waals surface area contributed by atoms with Gasteiger partial charge in [-0.15, -0.1) is 0 Å². The molecule has 3 rings (SSSR count). The summed E-state index contributed by atoms with van der Waals surface area (Å²) in [5.74, 6) is 0.171. The zero-order chi connectivity index (χ0) is 15.6. The van der Waals surface area contributed by atoms with Gasteiger partial charge >= 0.3 is 0 Å². The summed E-state index contributed by atoms with van der Waals surface area (Å²) in [5, 5.41) is 5.57. The van der Waals surface area contributed by atoms with Gasteiger partial charge in [0.25, 0.3) is 0 Å². The summed E-state index contributed by atoms with van der Waals surface area (Å²) in [4.78, 5) is 12.6. The summed E-state index contributed by atoms with van der Waals surface area (Å²) < 4.78 is 0. The molecule has 3 nitrogen and oxygen atoms in total. The highest BCUT2D eigenvalue weighted by atomic mass is 16.2. The maximum Gasteiger partial charge on any atom is 0.226 e. The van der Waals surface area contributed by atoms with Crippen molar-refractivity contribution in [1.29, 1.82) is 0 Å². The van der Waals surface area contributed by atoms with Crippen molar-refractivity contribution in [2.45, 2.75) is 38.6 Å². The number of amides is 1. The second-order valence-corrected chi connectivity index (χ2v) is 6.36. The predicted octanol–water partition coefficient (Wildman–Crippen LogP) is 3.54. The van der Waals surface area contributed by atoms with Gasteiger partial charge in [-0.05, 0) is 41.7 Å². The lowest BCUT2D eigenvalue weighted by Crippen LogP contribution is -2.47. The first kappa shape index (κ1) is 15.0. The maximum atomic E-state index is 12.6. The second-order valence-electron chi connectivity index (χ2n) is 6.36. The first-order valence-corrected chi connectivity index (χ1v) is 8.18. The van der Waals surface area contributed by atoms with E-state index in [1.807, 2.05) is 12.1 Å². The van der Waals surface area contributed by atoms with Crippen molar-refractivity contribution in [3.8, 4) is 0 Å². The number of nitrogens with one attached hydrogen (secondary N) is 1. The summed E-state index contributed by atoms with van der Waals surface area (Å²) in [6, 6.07) is 14.4. The molecule has 0 radical (unpaired) electrons. The molecule has 2 aromatic rings. The lowest BCUT2D eigenvalue weighted by Gasteiger charge is -2.40. The van der Waals surface area contributed by atoms with Crippen LogP contribution >= 0.6 is 0 Å². The summed E-state index contributed by atoms with van der Waals surface area (Å²) in [5.41, 5.74) is 6.86. The Morgan fingerprint density at radius 3 is 2.55 bits per heavy atom. The third-order valence-corrected chi connectivity index (χ3v) is 5.19. The molecular weight excluding hydrogens is 272 g/mol. The minimum Gasteiger partial charge on any atom is -0.348 e. The molecule has 1 saturated carbocycles. The first-order valence-electron chi connectivity index (χ1n) is 8.18. The lowest BCUT2D eigenvalue weighted by molar-refractivity contribution is -0.137. The van der Waals surface area contributed by atoms with Gasteiger partial charge in [0, 0.05) is 12.0 Å². The third-order valence-electron chi connectivity index (χ3n) is 5.19. The van der Waals surface area contributed by atoms with Gasteiger partial charge < -0.3 is 11.1 Å². The molecule has 1 fully saturated rings. The monoisotopic (exact) mass is 296 g/mol. The molecule has 0 aliphatic heterocycles. The molecule has 1 amide bonds. The second kappa shape index (κ2) is 6.09. The van der Waals surface area contributed by atoms with Crippen molar-refractivity contribution >= 4 is 16.7 Å². The number of rotatable bonds is 5. The van der Waals surface area contributed by atoms with Crippen LogP contribution in [0.15, 0.2) is 42.5 Å². The highest BCUT2D eigenvalue weighted by Gasteiger charge is 2.42. The number of hydrogen-bond donors (Lipinski definition) is 2. The zero-order valence-corrected chi connectivity index (χ0v) is 13.1.